The van der Waals surface area contributed by atoms with Gasteiger partial charge in [0, 0.05) is 73.3 Å². The Kier molecular flexibility index (Phi) is 6.73. The summed E-state index contributed by atoms with van der Waals surface area (Å²) in [4.78, 5) is 10.2. The van der Waals surface area contributed by atoms with Crippen LogP contribution in [-0.2, 0) is 0 Å². The fourth-order valence-corrected chi connectivity index (χ4v) is 11.2. The molecule has 4 nitrogen and oxygen atoms in total. The van der Waals surface area contributed by atoms with Gasteiger partial charge in [-0.05, 0) is 71.8 Å². The third-order valence-electron chi connectivity index (χ3n) is 11.6. The van der Waals surface area contributed by atoms with Crippen LogP contribution in [-0.4, -0.2) is 14.5 Å². The molecule has 0 unspecified atom stereocenters. The van der Waals surface area contributed by atoms with Crippen LogP contribution in [0.25, 0.3) is 124 Å². The predicted molar refractivity (Wildman–Crippen MR) is 246 cm³/mol. The first-order chi connectivity index (χ1) is 28.7. The van der Waals surface area contributed by atoms with Gasteiger partial charge in [0.15, 0.2) is 5.82 Å². The molecule has 0 N–H and O–H groups in total. The molecule has 0 fully saturated rings. The molecule has 6 heteroatoms. The van der Waals surface area contributed by atoms with Gasteiger partial charge in [-0.15, -0.1) is 22.7 Å². The van der Waals surface area contributed by atoms with E-state index in [4.69, 9.17) is 14.4 Å². The highest BCUT2D eigenvalue weighted by Crippen LogP contribution is 2.43. The first-order valence-electron chi connectivity index (χ1n) is 19.4. The van der Waals surface area contributed by atoms with Crippen LogP contribution in [0.2, 0.25) is 0 Å². The zero-order valence-electron chi connectivity index (χ0n) is 30.8. The lowest BCUT2D eigenvalue weighted by Gasteiger charge is -2.08. The summed E-state index contributed by atoms with van der Waals surface area (Å²) in [7, 11) is 0. The molecule has 8 aromatic carbocycles. The van der Waals surface area contributed by atoms with Gasteiger partial charge in [0.1, 0.15) is 5.58 Å². The number of rotatable bonds is 4. The summed E-state index contributed by atoms with van der Waals surface area (Å²) in [6, 6.07) is 63.2. The summed E-state index contributed by atoms with van der Waals surface area (Å²) >= 11 is 3.68. The maximum absolute atomic E-state index is 6.31. The number of furan rings is 1. The molecule has 0 aliphatic rings. The SMILES string of the molecule is c1ccc(-c2nc(-c3ccc4c(c3)sc3ccc(-c5ccc6c(c5)sc5ccc(-n7c8ccccc8c8ccccc87)cc56)cc34)nc3oc4ccccc4c23)cc1. The average molecular weight is 776 g/mol. The number of para-hydroxylation sites is 3. The van der Waals surface area contributed by atoms with Crippen LogP contribution in [0.1, 0.15) is 0 Å². The normalized spacial score (nSPS) is 12.1. The Hall–Kier alpha value is -7.12. The van der Waals surface area contributed by atoms with Crippen molar-refractivity contribution in [2.75, 3.05) is 0 Å². The Morgan fingerprint density at radius 1 is 0.397 bits per heavy atom. The number of thiophene rings is 2. The van der Waals surface area contributed by atoms with Crippen molar-refractivity contribution < 1.29 is 4.42 Å². The quantitative estimate of drug-likeness (QED) is 0.179. The molecule has 270 valence electrons. The molecule has 0 aliphatic carbocycles. The highest BCUT2D eigenvalue weighted by molar-refractivity contribution is 7.26. The van der Waals surface area contributed by atoms with E-state index in [0.717, 1.165) is 33.2 Å². The molecule has 0 atom stereocenters. The molecule has 0 radical (unpaired) electrons. The van der Waals surface area contributed by atoms with Crippen molar-refractivity contribution in [3.63, 3.8) is 0 Å². The minimum atomic E-state index is 0.602. The fraction of sp³-hybridized carbons (Fsp3) is 0. The lowest BCUT2D eigenvalue weighted by Crippen LogP contribution is -1.93. The van der Waals surface area contributed by atoms with Gasteiger partial charge in [0.05, 0.1) is 22.1 Å². The van der Waals surface area contributed by atoms with E-state index in [0.29, 0.717) is 11.5 Å². The number of hydrogen-bond donors (Lipinski definition) is 0. The summed E-state index contributed by atoms with van der Waals surface area (Å²) in [6.07, 6.45) is 0. The largest absolute Gasteiger partial charge is 0.438 e. The minimum Gasteiger partial charge on any atom is -0.438 e. The molecule has 13 aromatic rings. The number of benzene rings is 8. The fourth-order valence-electron chi connectivity index (χ4n) is 8.94. The summed E-state index contributed by atoms with van der Waals surface area (Å²) in [6.45, 7) is 0. The van der Waals surface area contributed by atoms with Gasteiger partial charge in [-0.3, -0.25) is 0 Å². The maximum atomic E-state index is 6.31. The van der Waals surface area contributed by atoms with Crippen LogP contribution >= 0.6 is 22.7 Å². The second-order valence-corrected chi connectivity index (χ2v) is 17.1. The smallest absolute Gasteiger partial charge is 0.231 e. The number of nitrogens with zero attached hydrogens (tertiary/aromatic N) is 3. The van der Waals surface area contributed by atoms with Gasteiger partial charge in [0.25, 0.3) is 0 Å². The molecule has 5 aromatic heterocycles. The molecular weight excluding hydrogens is 747 g/mol. The van der Waals surface area contributed by atoms with E-state index in [9.17, 15) is 0 Å². The molecule has 58 heavy (non-hydrogen) atoms. The second-order valence-electron chi connectivity index (χ2n) is 14.9. The van der Waals surface area contributed by atoms with Gasteiger partial charge in [-0.1, -0.05) is 115 Å². The van der Waals surface area contributed by atoms with E-state index in [-0.39, 0.29) is 0 Å². The van der Waals surface area contributed by atoms with Gasteiger partial charge in [-0.2, -0.15) is 4.98 Å². The van der Waals surface area contributed by atoms with Crippen LogP contribution in [0.15, 0.2) is 180 Å². The zero-order valence-corrected chi connectivity index (χ0v) is 32.4. The summed E-state index contributed by atoms with van der Waals surface area (Å²) in [5.74, 6) is 0.657. The molecule has 0 saturated heterocycles. The summed E-state index contributed by atoms with van der Waals surface area (Å²) in [5, 5.41) is 9.60. The van der Waals surface area contributed by atoms with Crippen LogP contribution < -0.4 is 0 Å². The van der Waals surface area contributed by atoms with Gasteiger partial charge < -0.3 is 8.98 Å². The van der Waals surface area contributed by atoms with Crippen LogP contribution in [0.4, 0.5) is 0 Å². The molecule has 0 saturated carbocycles. The monoisotopic (exact) mass is 775 g/mol. The molecule has 5 heterocycles. The minimum absolute atomic E-state index is 0.602. The van der Waals surface area contributed by atoms with E-state index >= 15 is 0 Å². The van der Waals surface area contributed by atoms with E-state index in [1.807, 2.05) is 59.1 Å². The topological polar surface area (TPSA) is 43.9 Å². The van der Waals surface area contributed by atoms with Crippen molar-refractivity contribution in [2.24, 2.45) is 0 Å². The van der Waals surface area contributed by atoms with Crippen molar-refractivity contribution in [1.82, 2.24) is 14.5 Å². The van der Waals surface area contributed by atoms with Crippen molar-refractivity contribution in [2.45, 2.75) is 0 Å². The summed E-state index contributed by atoms with van der Waals surface area (Å²) in [5.41, 5.74) is 10.4. The highest BCUT2D eigenvalue weighted by atomic mass is 32.1. The zero-order chi connectivity index (χ0) is 37.9. The molecular formula is C52H29N3OS2. The number of fused-ring (bicyclic) bond motifs is 12. The van der Waals surface area contributed by atoms with Crippen molar-refractivity contribution >= 4 is 107 Å². The van der Waals surface area contributed by atoms with Crippen LogP contribution in [0.5, 0.6) is 0 Å². The van der Waals surface area contributed by atoms with Gasteiger partial charge >= 0.3 is 0 Å². The third-order valence-corrected chi connectivity index (χ3v) is 13.9. The van der Waals surface area contributed by atoms with E-state index in [1.165, 1.54) is 79.0 Å². The highest BCUT2D eigenvalue weighted by Gasteiger charge is 2.19. The summed E-state index contributed by atoms with van der Waals surface area (Å²) < 4.78 is 13.8. The number of aromatic nitrogens is 3. The van der Waals surface area contributed by atoms with Crippen LogP contribution in [0.3, 0.4) is 0 Å². The standard InChI is InChI=1S/C52H29N3OS2/c1-2-10-30(11-3-1)50-49-39-14-6-9-17-44(39)56-52(49)54-51(53-50)33-19-23-37-40-26-31(20-24-45(40)57-48(37)28-33)32-18-22-38-41-29-34(21-25-46(41)58-47(38)27-32)55-42-15-7-4-12-35(42)36-13-5-8-16-43(36)55/h1-29H. The lowest BCUT2D eigenvalue weighted by molar-refractivity contribution is 0.653. The van der Waals surface area contributed by atoms with E-state index < -0.39 is 0 Å². The average Bonchev–Trinajstić information content (AvgIpc) is 4.04. The molecule has 0 amide bonds. The van der Waals surface area contributed by atoms with E-state index in [1.54, 1.807) is 0 Å². The molecule has 0 spiro atoms. The predicted octanol–water partition coefficient (Wildman–Crippen LogP) is 15.2. The van der Waals surface area contributed by atoms with Crippen molar-refractivity contribution in [3.8, 4) is 39.5 Å². The second kappa shape index (κ2) is 12.2. The van der Waals surface area contributed by atoms with E-state index in [2.05, 4.69) is 144 Å². The van der Waals surface area contributed by atoms with Gasteiger partial charge in [-0.25, -0.2) is 4.98 Å². The third kappa shape index (κ3) is 4.73. The Labute approximate surface area is 339 Å². The molecule has 0 bridgehead atoms. The maximum Gasteiger partial charge on any atom is 0.231 e. The molecule has 0 aliphatic heterocycles. The first-order valence-corrected chi connectivity index (χ1v) is 21.0. The Balaban J connectivity index is 0.890. The van der Waals surface area contributed by atoms with Crippen LogP contribution in [0, 0.1) is 0 Å². The lowest BCUT2D eigenvalue weighted by atomic mass is 10.0. The Morgan fingerprint density at radius 3 is 1.74 bits per heavy atom. The van der Waals surface area contributed by atoms with Gasteiger partial charge in [0.2, 0.25) is 5.71 Å². The Morgan fingerprint density at radius 2 is 0.983 bits per heavy atom. The van der Waals surface area contributed by atoms with Crippen molar-refractivity contribution in [3.05, 3.63) is 176 Å². The Bertz CT molecular complexity index is 3760. The van der Waals surface area contributed by atoms with Crippen molar-refractivity contribution in [1.29, 1.82) is 0 Å². The first kappa shape index (κ1) is 32.0. The number of hydrogen-bond acceptors (Lipinski definition) is 5. The molecule has 13 rings (SSSR count).